The fraction of sp³-hybridized carbons (Fsp3) is 0.846. The highest BCUT2D eigenvalue weighted by Gasteiger charge is 2.15. The highest BCUT2D eigenvalue weighted by Crippen LogP contribution is 1.97. The molecule has 0 heterocycles. The Labute approximate surface area is 110 Å². The molecule has 0 atom stereocenters. The Hall–Kier alpha value is -1.10. The van der Waals surface area contributed by atoms with Crippen molar-refractivity contribution in [1.29, 1.82) is 0 Å². The lowest BCUT2D eigenvalue weighted by molar-refractivity contribution is -0.142. The summed E-state index contributed by atoms with van der Waals surface area (Å²) < 4.78 is 4.62. The van der Waals surface area contributed by atoms with Crippen LogP contribution in [0.4, 0.5) is 0 Å². The van der Waals surface area contributed by atoms with Crippen LogP contribution >= 0.6 is 0 Å². The van der Waals surface area contributed by atoms with E-state index in [0.717, 1.165) is 19.3 Å². The van der Waals surface area contributed by atoms with E-state index in [1.54, 1.807) is 0 Å². The topological polar surface area (TPSA) is 58.6 Å². The third kappa shape index (κ3) is 7.27. The van der Waals surface area contributed by atoms with Crippen molar-refractivity contribution in [2.75, 3.05) is 26.7 Å². The summed E-state index contributed by atoms with van der Waals surface area (Å²) in [7, 11) is 1.36. The van der Waals surface area contributed by atoms with E-state index in [2.05, 4.69) is 10.1 Å². The van der Waals surface area contributed by atoms with Crippen LogP contribution < -0.4 is 5.32 Å². The zero-order chi connectivity index (χ0) is 14.0. The van der Waals surface area contributed by atoms with Crippen LogP contribution in [0.2, 0.25) is 0 Å². The Morgan fingerprint density at radius 1 is 1.17 bits per heavy atom. The van der Waals surface area contributed by atoms with Crippen molar-refractivity contribution >= 4 is 11.9 Å². The standard InChI is InChI=1S/C13H26N2O3/c1-5-8-15(10-13(17)18-4)9-12(16)14-11(6-2)7-3/h11H,5-10H2,1-4H3,(H,14,16). The van der Waals surface area contributed by atoms with Crippen molar-refractivity contribution in [3.8, 4) is 0 Å². The van der Waals surface area contributed by atoms with Gasteiger partial charge in [-0.25, -0.2) is 0 Å². The maximum absolute atomic E-state index is 11.8. The van der Waals surface area contributed by atoms with E-state index in [1.807, 2.05) is 25.7 Å². The number of esters is 1. The molecule has 0 aliphatic carbocycles. The van der Waals surface area contributed by atoms with Crippen LogP contribution in [0.1, 0.15) is 40.0 Å². The summed E-state index contributed by atoms with van der Waals surface area (Å²) in [4.78, 5) is 24.8. The monoisotopic (exact) mass is 258 g/mol. The molecule has 5 nitrogen and oxygen atoms in total. The van der Waals surface area contributed by atoms with Gasteiger partial charge in [0.2, 0.25) is 5.91 Å². The van der Waals surface area contributed by atoms with Crippen LogP contribution in [-0.2, 0) is 14.3 Å². The quantitative estimate of drug-likeness (QED) is 0.631. The molecule has 0 radical (unpaired) electrons. The average Bonchev–Trinajstić information content (AvgIpc) is 2.35. The second kappa shape index (κ2) is 9.88. The molecule has 0 aromatic carbocycles. The first-order valence-electron chi connectivity index (χ1n) is 6.65. The lowest BCUT2D eigenvalue weighted by atomic mass is 10.2. The first kappa shape index (κ1) is 16.9. The smallest absolute Gasteiger partial charge is 0.319 e. The molecule has 1 N–H and O–H groups in total. The molecule has 0 spiro atoms. The number of hydrogen-bond donors (Lipinski definition) is 1. The number of carbonyl (C=O) groups excluding carboxylic acids is 2. The van der Waals surface area contributed by atoms with Crippen LogP contribution in [0.5, 0.6) is 0 Å². The van der Waals surface area contributed by atoms with Gasteiger partial charge in [-0.05, 0) is 25.8 Å². The number of nitrogens with zero attached hydrogens (tertiary/aromatic N) is 1. The number of rotatable bonds is 9. The van der Waals surface area contributed by atoms with Gasteiger partial charge in [-0.15, -0.1) is 0 Å². The molecule has 1 amide bonds. The summed E-state index contributed by atoms with van der Waals surface area (Å²) in [6, 6.07) is 0.221. The van der Waals surface area contributed by atoms with Gasteiger partial charge in [0.1, 0.15) is 0 Å². The molecule has 0 aliphatic rings. The second-order valence-corrected chi connectivity index (χ2v) is 4.37. The number of hydrogen-bond acceptors (Lipinski definition) is 4. The predicted octanol–water partition coefficient (Wildman–Crippen LogP) is 1.18. The van der Waals surface area contributed by atoms with Crippen LogP contribution in [0.3, 0.4) is 0 Å². The van der Waals surface area contributed by atoms with Crippen molar-refractivity contribution in [3.63, 3.8) is 0 Å². The SMILES string of the molecule is CCCN(CC(=O)NC(CC)CC)CC(=O)OC. The van der Waals surface area contributed by atoms with E-state index >= 15 is 0 Å². The second-order valence-electron chi connectivity index (χ2n) is 4.37. The van der Waals surface area contributed by atoms with Gasteiger partial charge in [-0.3, -0.25) is 14.5 Å². The molecular formula is C13H26N2O3. The van der Waals surface area contributed by atoms with Gasteiger partial charge in [0.25, 0.3) is 0 Å². The Kier molecular flexibility index (Phi) is 9.28. The molecule has 18 heavy (non-hydrogen) atoms. The first-order valence-corrected chi connectivity index (χ1v) is 6.65. The summed E-state index contributed by atoms with van der Waals surface area (Å²) in [5, 5.41) is 2.96. The number of nitrogens with one attached hydrogen (secondary N) is 1. The van der Waals surface area contributed by atoms with Gasteiger partial charge in [0, 0.05) is 6.04 Å². The molecule has 0 unspecified atom stereocenters. The van der Waals surface area contributed by atoms with E-state index < -0.39 is 0 Å². The summed E-state index contributed by atoms with van der Waals surface area (Å²) in [5.41, 5.74) is 0. The fourth-order valence-electron chi connectivity index (χ4n) is 1.75. The fourth-order valence-corrected chi connectivity index (χ4v) is 1.75. The van der Waals surface area contributed by atoms with Crippen molar-refractivity contribution in [3.05, 3.63) is 0 Å². The highest BCUT2D eigenvalue weighted by molar-refractivity contribution is 5.79. The van der Waals surface area contributed by atoms with Crippen LogP contribution in [0, 0.1) is 0 Å². The third-order valence-electron chi connectivity index (χ3n) is 2.84. The molecular weight excluding hydrogens is 232 g/mol. The van der Waals surface area contributed by atoms with Crippen LogP contribution in [-0.4, -0.2) is 49.6 Å². The van der Waals surface area contributed by atoms with E-state index in [9.17, 15) is 9.59 Å². The Morgan fingerprint density at radius 2 is 1.78 bits per heavy atom. The number of ether oxygens (including phenoxy) is 1. The summed E-state index contributed by atoms with van der Waals surface area (Å²) in [5.74, 6) is -0.333. The summed E-state index contributed by atoms with van der Waals surface area (Å²) in [6.07, 6.45) is 2.75. The normalized spacial score (nSPS) is 10.8. The summed E-state index contributed by atoms with van der Waals surface area (Å²) >= 11 is 0. The number of amides is 1. The Balaban J connectivity index is 4.21. The van der Waals surface area contributed by atoms with Gasteiger partial charge in [-0.2, -0.15) is 0 Å². The number of carbonyl (C=O) groups is 2. The molecule has 0 aromatic rings. The zero-order valence-electron chi connectivity index (χ0n) is 12.0. The highest BCUT2D eigenvalue weighted by atomic mass is 16.5. The van der Waals surface area contributed by atoms with E-state index in [0.29, 0.717) is 6.54 Å². The molecule has 0 saturated carbocycles. The molecule has 0 saturated heterocycles. The lowest BCUT2D eigenvalue weighted by Gasteiger charge is -2.21. The van der Waals surface area contributed by atoms with Gasteiger partial charge in [0.15, 0.2) is 0 Å². The predicted molar refractivity (Wildman–Crippen MR) is 71.3 cm³/mol. The van der Waals surface area contributed by atoms with E-state index in [-0.39, 0.29) is 31.0 Å². The number of methoxy groups -OCH3 is 1. The Morgan fingerprint density at radius 3 is 2.22 bits per heavy atom. The molecule has 106 valence electrons. The molecule has 0 aliphatic heterocycles. The maximum atomic E-state index is 11.8. The van der Waals surface area contributed by atoms with Crippen molar-refractivity contribution < 1.29 is 14.3 Å². The molecule has 5 heteroatoms. The van der Waals surface area contributed by atoms with Gasteiger partial charge < -0.3 is 10.1 Å². The average molecular weight is 258 g/mol. The van der Waals surface area contributed by atoms with Crippen molar-refractivity contribution in [1.82, 2.24) is 10.2 Å². The molecule has 0 fully saturated rings. The van der Waals surface area contributed by atoms with Crippen molar-refractivity contribution in [2.24, 2.45) is 0 Å². The maximum Gasteiger partial charge on any atom is 0.319 e. The summed E-state index contributed by atoms with van der Waals surface area (Å²) in [6.45, 7) is 7.24. The molecule has 0 bridgehead atoms. The van der Waals surface area contributed by atoms with Crippen LogP contribution in [0.15, 0.2) is 0 Å². The third-order valence-corrected chi connectivity index (χ3v) is 2.84. The van der Waals surface area contributed by atoms with E-state index in [1.165, 1.54) is 7.11 Å². The van der Waals surface area contributed by atoms with Gasteiger partial charge in [-0.1, -0.05) is 20.8 Å². The Bertz CT molecular complexity index is 253. The molecule has 0 rings (SSSR count). The first-order chi connectivity index (χ1) is 8.57. The lowest BCUT2D eigenvalue weighted by Crippen LogP contribution is -2.43. The van der Waals surface area contributed by atoms with Gasteiger partial charge >= 0.3 is 5.97 Å². The minimum Gasteiger partial charge on any atom is -0.468 e. The molecule has 0 aromatic heterocycles. The van der Waals surface area contributed by atoms with Crippen molar-refractivity contribution in [2.45, 2.75) is 46.1 Å². The minimum absolute atomic E-state index is 0.0268. The van der Waals surface area contributed by atoms with Crippen LogP contribution in [0.25, 0.3) is 0 Å². The zero-order valence-corrected chi connectivity index (χ0v) is 12.0. The largest absolute Gasteiger partial charge is 0.468 e. The van der Waals surface area contributed by atoms with Gasteiger partial charge in [0.05, 0.1) is 20.2 Å². The minimum atomic E-state index is -0.307. The van der Waals surface area contributed by atoms with E-state index in [4.69, 9.17) is 0 Å².